The fourth-order valence-electron chi connectivity index (χ4n) is 1.28. The van der Waals surface area contributed by atoms with Gasteiger partial charge in [-0.2, -0.15) is 0 Å². The highest BCUT2D eigenvalue weighted by molar-refractivity contribution is 5.85. The van der Waals surface area contributed by atoms with E-state index in [0.717, 1.165) is 13.0 Å². The van der Waals surface area contributed by atoms with Crippen LogP contribution in [0.15, 0.2) is 11.6 Å². The molecule has 6 heteroatoms. The second-order valence-corrected chi connectivity index (χ2v) is 3.91. The van der Waals surface area contributed by atoms with Crippen molar-refractivity contribution >= 4 is 5.97 Å². The normalized spacial score (nSPS) is 12.9. The standard InChI is InChI=1S/C8H19NO3.C5H8O2/c1-3-4-9(5-6-10)8(7-11)12-2;1-3-4(2)5(6)7/h8,10-11H,3-7H2,1-2H3;3H,1-2H3,(H,6,7). The molecule has 0 aliphatic rings. The number of ether oxygens (including phenoxy) is 1. The van der Waals surface area contributed by atoms with E-state index in [1.807, 2.05) is 4.90 Å². The minimum absolute atomic E-state index is 0.0312. The zero-order valence-electron chi connectivity index (χ0n) is 12.3. The predicted molar refractivity (Wildman–Crippen MR) is 73.9 cm³/mol. The lowest BCUT2D eigenvalue weighted by Crippen LogP contribution is -2.41. The maximum absolute atomic E-state index is 9.86. The molecule has 3 N–H and O–H groups in total. The average Bonchev–Trinajstić information content (AvgIpc) is 2.40. The fourth-order valence-corrected chi connectivity index (χ4v) is 1.28. The van der Waals surface area contributed by atoms with Crippen LogP contribution in [0.4, 0.5) is 0 Å². The molecule has 6 nitrogen and oxygen atoms in total. The molecular weight excluding hydrogens is 250 g/mol. The Kier molecular flexibility index (Phi) is 14.5. The SMILES string of the molecule is CC=C(C)C(=O)O.CCCN(CCO)C(CO)OC. The molecule has 0 fully saturated rings. The zero-order valence-corrected chi connectivity index (χ0v) is 12.3. The molecule has 1 atom stereocenters. The van der Waals surface area contributed by atoms with Crippen LogP contribution in [0.2, 0.25) is 0 Å². The van der Waals surface area contributed by atoms with E-state index in [1.165, 1.54) is 0 Å². The van der Waals surface area contributed by atoms with E-state index in [0.29, 0.717) is 12.1 Å². The summed E-state index contributed by atoms with van der Waals surface area (Å²) in [5.41, 5.74) is 0.389. The Bertz CT molecular complexity index is 245. The molecular formula is C13H27NO5. The maximum atomic E-state index is 9.86. The minimum Gasteiger partial charge on any atom is -0.478 e. The highest BCUT2D eigenvalue weighted by atomic mass is 16.5. The van der Waals surface area contributed by atoms with Crippen LogP contribution in [-0.4, -0.2) is 65.8 Å². The number of aliphatic carboxylic acids is 1. The van der Waals surface area contributed by atoms with E-state index in [2.05, 4.69) is 6.92 Å². The van der Waals surface area contributed by atoms with E-state index < -0.39 is 5.97 Å². The van der Waals surface area contributed by atoms with Crippen molar-refractivity contribution in [1.82, 2.24) is 4.90 Å². The van der Waals surface area contributed by atoms with Crippen LogP contribution in [0, 0.1) is 0 Å². The summed E-state index contributed by atoms with van der Waals surface area (Å²) in [6, 6.07) is 0. The third-order valence-corrected chi connectivity index (χ3v) is 2.50. The van der Waals surface area contributed by atoms with Gasteiger partial charge in [-0.3, -0.25) is 4.90 Å². The van der Waals surface area contributed by atoms with E-state index >= 15 is 0 Å². The van der Waals surface area contributed by atoms with Gasteiger partial charge in [0, 0.05) is 25.8 Å². The minimum atomic E-state index is -0.845. The summed E-state index contributed by atoms with van der Waals surface area (Å²) in [5.74, 6) is -0.845. The van der Waals surface area contributed by atoms with Crippen molar-refractivity contribution < 1.29 is 24.9 Å². The molecule has 0 aromatic heterocycles. The zero-order chi connectivity index (χ0) is 15.3. The van der Waals surface area contributed by atoms with Gasteiger partial charge < -0.3 is 20.1 Å². The number of carboxylic acid groups (broad SMARTS) is 1. The van der Waals surface area contributed by atoms with Crippen LogP contribution in [0.25, 0.3) is 0 Å². The molecule has 0 aliphatic carbocycles. The number of nitrogens with zero attached hydrogens (tertiary/aromatic N) is 1. The van der Waals surface area contributed by atoms with Crippen molar-refractivity contribution in [3.8, 4) is 0 Å². The molecule has 19 heavy (non-hydrogen) atoms. The van der Waals surface area contributed by atoms with Crippen LogP contribution >= 0.6 is 0 Å². The molecule has 1 unspecified atom stereocenters. The van der Waals surface area contributed by atoms with Gasteiger partial charge in [0.15, 0.2) is 0 Å². The smallest absolute Gasteiger partial charge is 0.330 e. The van der Waals surface area contributed by atoms with Gasteiger partial charge in [-0.15, -0.1) is 0 Å². The Labute approximate surface area is 115 Å². The lowest BCUT2D eigenvalue weighted by molar-refractivity contribution is -0.132. The van der Waals surface area contributed by atoms with Crippen molar-refractivity contribution in [2.24, 2.45) is 0 Å². The van der Waals surface area contributed by atoms with Crippen molar-refractivity contribution in [3.63, 3.8) is 0 Å². The van der Waals surface area contributed by atoms with Gasteiger partial charge in [-0.05, 0) is 20.3 Å². The second-order valence-electron chi connectivity index (χ2n) is 3.91. The molecule has 0 spiro atoms. The van der Waals surface area contributed by atoms with E-state index in [-0.39, 0.29) is 19.4 Å². The van der Waals surface area contributed by atoms with Gasteiger partial charge in [0.2, 0.25) is 0 Å². The van der Waals surface area contributed by atoms with Crippen molar-refractivity contribution in [2.75, 3.05) is 33.4 Å². The van der Waals surface area contributed by atoms with Gasteiger partial charge in [0.25, 0.3) is 0 Å². The summed E-state index contributed by atoms with van der Waals surface area (Å²) in [7, 11) is 1.56. The lowest BCUT2D eigenvalue weighted by atomic mass is 10.3. The molecule has 0 aromatic rings. The van der Waals surface area contributed by atoms with Gasteiger partial charge in [-0.25, -0.2) is 4.79 Å². The quantitative estimate of drug-likeness (QED) is 0.447. The first kappa shape index (κ1) is 20.4. The van der Waals surface area contributed by atoms with E-state index in [4.69, 9.17) is 20.1 Å². The highest BCUT2D eigenvalue weighted by Crippen LogP contribution is 2.00. The summed E-state index contributed by atoms with van der Waals surface area (Å²) in [6.07, 6.45) is 2.26. The molecule has 0 radical (unpaired) electrons. The van der Waals surface area contributed by atoms with Crippen LogP contribution in [-0.2, 0) is 9.53 Å². The molecule has 0 saturated heterocycles. The largest absolute Gasteiger partial charge is 0.478 e. The number of allylic oxidation sites excluding steroid dienone is 1. The number of hydrogen-bond acceptors (Lipinski definition) is 5. The van der Waals surface area contributed by atoms with Crippen LogP contribution in [0.1, 0.15) is 27.2 Å². The van der Waals surface area contributed by atoms with Gasteiger partial charge in [0.05, 0.1) is 13.2 Å². The number of rotatable bonds is 8. The van der Waals surface area contributed by atoms with Crippen LogP contribution < -0.4 is 0 Å². The summed E-state index contributed by atoms with van der Waals surface area (Å²) >= 11 is 0. The Morgan fingerprint density at radius 3 is 2.16 bits per heavy atom. The molecule has 0 amide bonds. The first-order valence-electron chi connectivity index (χ1n) is 6.33. The summed E-state index contributed by atoms with van der Waals surface area (Å²) in [4.78, 5) is 11.8. The highest BCUT2D eigenvalue weighted by Gasteiger charge is 2.14. The average molecular weight is 277 g/mol. The Balaban J connectivity index is 0. The Hall–Kier alpha value is -0.950. The number of carbonyl (C=O) groups is 1. The van der Waals surface area contributed by atoms with Crippen molar-refractivity contribution in [3.05, 3.63) is 11.6 Å². The van der Waals surface area contributed by atoms with E-state index in [9.17, 15) is 4.79 Å². The second kappa shape index (κ2) is 13.5. The predicted octanol–water partition coefficient (Wildman–Crippen LogP) is 0.693. The van der Waals surface area contributed by atoms with E-state index in [1.54, 1.807) is 27.0 Å². The first-order valence-corrected chi connectivity index (χ1v) is 6.33. The summed E-state index contributed by atoms with van der Waals surface area (Å²) < 4.78 is 5.03. The molecule has 0 rings (SSSR count). The number of hydrogen-bond donors (Lipinski definition) is 3. The third-order valence-electron chi connectivity index (χ3n) is 2.50. The monoisotopic (exact) mass is 277 g/mol. The summed E-state index contributed by atoms with van der Waals surface area (Å²) in [5, 5.41) is 25.7. The van der Waals surface area contributed by atoms with Gasteiger partial charge in [0.1, 0.15) is 6.23 Å². The number of carboxylic acids is 1. The Morgan fingerprint density at radius 1 is 1.37 bits per heavy atom. The number of methoxy groups -OCH3 is 1. The maximum Gasteiger partial charge on any atom is 0.330 e. The first-order chi connectivity index (χ1) is 8.98. The fraction of sp³-hybridized carbons (Fsp3) is 0.769. The van der Waals surface area contributed by atoms with Crippen LogP contribution in [0.5, 0.6) is 0 Å². The topological polar surface area (TPSA) is 90.2 Å². The van der Waals surface area contributed by atoms with Gasteiger partial charge >= 0.3 is 5.97 Å². The van der Waals surface area contributed by atoms with Crippen LogP contribution in [0.3, 0.4) is 0 Å². The van der Waals surface area contributed by atoms with Gasteiger partial charge in [-0.1, -0.05) is 13.0 Å². The third kappa shape index (κ3) is 10.6. The lowest BCUT2D eigenvalue weighted by Gasteiger charge is -2.27. The molecule has 0 aliphatic heterocycles. The van der Waals surface area contributed by atoms with Crippen molar-refractivity contribution in [2.45, 2.75) is 33.4 Å². The number of aliphatic hydroxyl groups is 2. The molecule has 114 valence electrons. The van der Waals surface area contributed by atoms with Crippen molar-refractivity contribution in [1.29, 1.82) is 0 Å². The molecule has 0 bridgehead atoms. The molecule has 0 heterocycles. The Morgan fingerprint density at radius 2 is 1.95 bits per heavy atom. The summed E-state index contributed by atoms with van der Waals surface area (Å²) in [6.45, 7) is 6.75. The number of aliphatic hydroxyl groups excluding tert-OH is 2. The molecule has 0 saturated carbocycles. The molecule has 0 aromatic carbocycles.